The molecule has 0 bridgehead atoms. The molecule has 0 saturated carbocycles. The molecule has 1 aromatic heterocycles. The lowest BCUT2D eigenvalue weighted by molar-refractivity contribution is 0.101. The van der Waals surface area contributed by atoms with Gasteiger partial charge in [-0.1, -0.05) is 12.1 Å². The number of hydrogen-bond acceptors (Lipinski definition) is 3. The molecule has 0 aliphatic carbocycles. The van der Waals surface area contributed by atoms with Gasteiger partial charge in [0.05, 0.1) is 5.69 Å². The van der Waals surface area contributed by atoms with Gasteiger partial charge >= 0.3 is 0 Å². The summed E-state index contributed by atoms with van der Waals surface area (Å²) in [6, 6.07) is 9.49. The minimum absolute atomic E-state index is 0.112. The number of nitrogens with one attached hydrogen (secondary N) is 1. The second-order valence-corrected chi connectivity index (χ2v) is 5.94. The Kier molecular flexibility index (Phi) is 3.65. The number of carbonyl (C=O) groups is 1. The largest absolute Gasteiger partial charge is 0.344 e. The van der Waals surface area contributed by atoms with Crippen molar-refractivity contribution in [2.75, 3.05) is 5.32 Å². The van der Waals surface area contributed by atoms with E-state index in [1.165, 1.54) is 12.1 Å². The van der Waals surface area contributed by atoms with Crippen LogP contribution in [0.5, 0.6) is 0 Å². The van der Waals surface area contributed by atoms with Crippen LogP contribution < -0.4 is 10.5 Å². The van der Waals surface area contributed by atoms with Gasteiger partial charge in [0.1, 0.15) is 10.6 Å². The number of aromatic nitrogens is 1. The number of para-hydroxylation sites is 1. The van der Waals surface area contributed by atoms with E-state index in [0.29, 0.717) is 5.69 Å². The smallest absolute Gasteiger partial charge is 0.272 e. The molecule has 0 radical (unpaired) electrons. The van der Waals surface area contributed by atoms with E-state index in [9.17, 15) is 13.2 Å². The van der Waals surface area contributed by atoms with Crippen LogP contribution in [0.1, 0.15) is 16.2 Å². The number of nitrogens with two attached hydrogens (primary N) is 1. The topological polar surface area (TPSA) is 94.2 Å². The van der Waals surface area contributed by atoms with Gasteiger partial charge in [0.25, 0.3) is 5.91 Å². The standard InChI is InChI=1S/C13H15N3O3S/c1-9-7-8-11(16(9)2)13(17)15-10-5-3-4-6-12(10)20(14,18)19/h3-8H,1-2H3,(H,15,17)(H2,14,18,19). The summed E-state index contributed by atoms with van der Waals surface area (Å²) in [7, 11) is -2.13. The molecule has 0 fully saturated rings. The number of rotatable bonds is 3. The number of aryl methyl sites for hydroxylation is 1. The Morgan fingerprint density at radius 2 is 1.85 bits per heavy atom. The summed E-state index contributed by atoms with van der Waals surface area (Å²) in [5.74, 6) is -0.392. The van der Waals surface area contributed by atoms with Crippen molar-refractivity contribution in [1.29, 1.82) is 0 Å². The summed E-state index contributed by atoms with van der Waals surface area (Å²) in [6.07, 6.45) is 0. The summed E-state index contributed by atoms with van der Waals surface area (Å²) >= 11 is 0. The van der Waals surface area contributed by atoms with Crippen molar-refractivity contribution in [1.82, 2.24) is 4.57 Å². The van der Waals surface area contributed by atoms with Gasteiger partial charge in [0.15, 0.2) is 0 Å². The van der Waals surface area contributed by atoms with E-state index in [1.807, 2.05) is 6.92 Å². The first-order valence-corrected chi connectivity index (χ1v) is 7.41. The molecule has 0 atom stereocenters. The lowest BCUT2D eigenvalue weighted by Crippen LogP contribution is -2.20. The van der Waals surface area contributed by atoms with Crippen LogP contribution in [0.25, 0.3) is 0 Å². The predicted molar refractivity (Wildman–Crippen MR) is 75.9 cm³/mol. The summed E-state index contributed by atoms with van der Waals surface area (Å²) in [5, 5.41) is 7.69. The molecule has 106 valence electrons. The molecule has 0 spiro atoms. The molecule has 7 heteroatoms. The highest BCUT2D eigenvalue weighted by atomic mass is 32.2. The Labute approximate surface area is 117 Å². The molecule has 0 unspecified atom stereocenters. The summed E-state index contributed by atoms with van der Waals surface area (Å²) < 4.78 is 24.6. The highest BCUT2D eigenvalue weighted by Gasteiger charge is 2.17. The third-order valence-corrected chi connectivity index (χ3v) is 4.02. The van der Waals surface area contributed by atoms with Gasteiger partial charge in [-0.05, 0) is 31.2 Å². The predicted octanol–water partition coefficient (Wildman–Crippen LogP) is 1.23. The van der Waals surface area contributed by atoms with Crippen molar-refractivity contribution in [3.63, 3.8) is 0 Å². The number of benzene rings is 1. The van der Waals surface area contributed by atoms with Gasteiger partial charge in [-0.25, -0.2) is 13.6 Å². The quantitative estimate of drug-likeness (QED) is 0.891. The number of sulfonamides is 1. The number of primary sulfonamides is 1. The van der Waals surface area contributed by atoms with Gasteiger partial charge in [0, 0.05) is 12.7 Å². The van der Waals surface area contributed by atoms with Crippen molar-refractivity contribution in [3.05, 3.63) is 47.8 Å². The monoisotopic (exact) mass is 293 g/mol. The molecule has 2 aromatic rings. The van der Waals surface area contributed by atoms with Crippen LogP contribution in [-0.4, -0.2) is 18.9 Å². The molecule has 1 amide bonds. The van der Waals surface area contributed by atoms with Gasteiger partial charge in [0.2, 0.25) is 10.0 Å². The van der Waals surface area contributed by atoms with E-state index in [2.05, 4.69) is 5.32 Å². The van der Waals surface area contributed by atoms with Crippen molar-refractivity contribution in [2.24, 2.45) is 12.2 Å². The molecule has 0 aliphatic heterocycles. The fourth-order valence-electron chi connectivity index (χ4n) is 1.85. The molecule has 20 heavy (non-hydrogen) atoms. The van der Waals surface area contributed by atoms with E-state index in [-0.39, 0.29) is 10.6 Å². The van der Waals surface area contributed by atoms with Crippen LogP contribution in [0, 0.1) is 6.92 Å². The highest BCUT2D eigenvalue weighted by Crippen LogP contribution is 2.20. The Bertz CT molecular complexity index is 763. The molecule has 2 rings (SSSR count). The van der Waals surface area contributed by atoms with Crippen LogP contribution in [0.2, 0.25) is 0 Å². The zero-order valence-electron chi connectivity index (χ0n) is 11.1. The molecular formula is C13H15N3O3S. The second kappa shape index (κ2) is 5.10. The zero-order chi connectivity index (χ0) is 14.9. The van der Waals surface area contributed by atoms with E-state index in [4.69, 9.17) is 5.14 Å². The number of hydrogen-bond donors (Lipinski definition) is 2. The first kappa shape index (κ1) is 14.3. The fourth-order valence-corrected chi connectivity index (χ4v) is 2.54. The SMILES string of the molecule is Cc1ccc(C(=O)Nc2ccccc2S(N)(=O)=O)n1C. The lowest BCUT2D eigenvalue weighted by atomic mass is 10.3. The molecule has 0 saturated heterocycles. The first-order chi connectivity index (χ1) is 9.30. The van der Waals surface area contributed by atoms with Gasteiger partial charge in [-0.15, -0.1) is 0 Å². The first-order valence-electron chi connectivity index (χ1n) is 5.86. The van der Waals surface area contributed by atoms with E-state index in [0.717, 1.165) is 5.69 Å². The van der Waals surface area contributed by atoms with Crippen molar-refractivity contribution in [3.8, 4) is 0 Å². The average Bonchev–Trinajstić information content (AvgIpc) is 2.69. The summed E-state index contributed by atoms with van der Waals surface area (Å²) in [5.41, 5.74) is 1.53. The molecule has 0 aliphatic rings. The average molecular weight is 293 g/mol. The summed E-state index contributed by atoms with van der Waals surface area (Å²) in [6.45, 7) is 1.87. The fraction of sp³-hybridized carbons (Fsp3) is 0.154. The Hall–Kier alpha value is -2.12. The number of carbonyl (C=O) groups excluding carboxylic acids is 1. The molecule has 1 heterocycles. The molecule has 6 nitrogen and oxygen atoms in total. The number of anilines is 1. The van der Waals surface area contributed by atoms with Crippen molar-refractivity contribution >= 4 is 21.6 Å². The lowest BCUT2D eigenvalue weighted by Gasteiger charge is -2.10. The van der Waals surface area contributed by atoms with Gasteiger partial charge < -0.3 is 9.88 Å². The van der Waals surface area contributed by atoms with Crippen molar-refractivity contribution in [2.45, 2.75) is 11.8 Å². The Morgan fingerprint density at radius 3 is 2.40 bits per heavy atom. The van der Waals surface area contributed by atoms with E-state index >= 15 is 0 Å². The number of nitrogens with zero attached hydrogens (tertiary/aromatic N) is 1. The van der Waals surface area contributed by atoms with Crippen LogP contribution >= 0.6 is 0 Å². The number of amides is 1. The zero-order valence-corrected chi connectivity index (χ0v) is 11.9. The minimum atomic E-state index is -3.89. The van der Waals surface area contributed by atoms with Crippen LogP contribution in [0.4, 0.5) is 5.69 Å². The third kappa shape index (κ3) is 2.73. The normalized spacial score (nSPS) is 11.3. The maximum atomic E-state index is 12.2. The van der Waals surface area contributed by atoms with Gasteiger partial charge in [-0.2, -0.15) is 0 Å². The van der Waals surface area contributed by atoms with E-state index in [1.54, 1.807) is 35.9 Å². The molecular weight excluding hydrogens is 278 g/mol. The maximum absolute atomic E-state index is 12.2. The summed E-state index contributed by atoms with van der Waals surface area (Å²) in [4.78, 5) is 12.0. The van der Waals surface area contributed by atoms with E-state index < -0.39 is 15.9 Å². The highest BCUT2D eigenvalue weighted by molar-refractivity contribution is 7.89. The second-order valence-electron chi connectivity index (χ2n) is 4.41. The minimum Gasteiger partial charge on any atom is -0.344 e. The molecule has 1 aromatic carbocycles. The van der Waals surface area contributed by atoms with Crippen molar-refractivity contribution < 1.29 is 13.2 Å². The Balaban J connectivity index is 2.36. The Morgan fingerprint density at radius 1 is 1.20 bits per heavy atom. The third-order valence-electron chi connectivity index (χ3n) is 3.05. The molecule has 3 N–H and O–H groups in total. The maximum Gasteiger partial charge on any atom is 0.272 e. The van der Waals surface area contributed by atoms with Gasteiger partial charge in [-0.3, -0.25) is 4.79 Å². The van der Waals surface area contributed by atoms with Crippen LogP contribution in [0.15, 0.2) is 41.3 Å². The van der Waals surface area contributed by atoms with Crippen LogP contribution in [0.3, 0.4) is 0 Å². The van der Waals surface area contributed by atoms with Crippen LogP contribution in [-0.2, 0) is 17.1 Å².